The van der Waals surface area contributed by atoms with Gasteiger partial charge in [0.05, 0.1) is 0 Å². The van der Waals surface area contributed by atoms with Crippen LogP contribution in [0.3, 0.4) is 0 Å². The van der Waals surface area contributed by atoms with E-state index < -0.39 is 12.1 Å². The van der Waals surface area contributed by atoms with Gasteiger partial charge in [-0.3, -0.25) is 14.5 Å². The van der Waals surface area contributed by atoms with Crippen LogP contribution in [0.4, 0.5) is 0 Å². The summed E-state index contributed by atoms with van der Waals surface area (Å²) < 4.78 is 0. The van der Waals surface area contributed by atoms with Crippen molar-refractivity contribution in [2.24, 2.45) is 5.73 Å². The quantitative estimate of drug-likeness (QED) is 0.653. The summed E-state index contributed by atoms with van der Waals surface area (Å²) in [5.41, 5.74) is 5.16. The van der Waals surface area contributed by atoms with E-state index in [0.29, 0.717) is 6.04 Å². The highest BCUT2D eigenvalue weighted by Gasteiger charge is 2.32. The third kappa shape index (κ3) is 2.91. The number of primary amides is 1. The van der Waals surface area contributed by atoms with E-state index in [0.717, 1.165) is 26.2 Å². The molecule has 15 heavy (non-hydrogen) atoms. The first-order valence-corrected chi connectivity index (χ1v) is 5.20. The average Bonchev–Trinajstić information content (AvgIpc) is 2.19. The van der Waals surface area contributed by atoms with Gasteiger partial charge in [-0.05, 0) is 13.8 Å². The van der Waals surface area contributed by atoms with Crippen LogP contribution in [-0.2, 0) is 4.79 Å². The number of nitrogens with two attached hydrogens (primary N) is 1. The van der Waals surface area contributed by atoms with Crippen molar-refractivity contribution in [1.82, 2.24) is 9.80 Å². The van der Waals surface area contributed by atoms with Crippen LogP contribution >= 0.6 is 0 Å². The zero-order valence-electron chi connectivity index (χ0n) is 9.31. The predicted molar refractivity (Wildman–Crippen MR) is 57.9 cm³/mol. The second-order valence-corrected chi connectivity index (χ2v) is 4.07. The molecule has 0 aromatic rings. The fraction of sp³-hybridized carbons (Fsp3) is 0.800. The van der Waals surface area contributed by atoms with Crippen molar-refractivity contribution < 1.29 is 4.79 Å². The van der Waals surface area contributed by atoms with E-state index in [9.17, 15) is 4.79 Å². The Bertz CT molecular complexity index is 263. The lowest BCUT2D eigenvalue weighted by molar-refractivity contribution is -0.122. The van der Waals surface area contributed by atoms with E-state index in [-0.39, 0.29) is 0 Å². The summed E-state index contributed by atoms with van der Waals surface area (Å²) in [6.45, 7) is 14.5. The number of hydrogen-bond acceptors (Lipinski definition) is 3. The summed E-state index contributed by atoms with van der Waals surface area (Å²) in [6.07, 6.45) is -0.778. The molecule has 1 aliphatic heterocycles. The molecule has 2 N–H and O–H groups in total. The molecule has 1 aliphatic rings. The Hall–Kier alpha value is -1.12. The van der Waals surface area contributed by atoms with Gasteiger partial charge in [0.1, 0.15) is 0 Å². The number of carbonyl (C=O) groups excluding carboxylic acids is 1. The van der Waals surface area contributed by atoms with E-state index in [4.69, 9.17) is 12.3 Å². The molecule has 1 atom stereocenters. The molecule has 0 spiro atoms. The van der Waals surface area contributed by atoms with Crippen LogP contribution in [-0.4, -0.2) is 54.1 Å². The van der Waals surface area contributed by atoms with Gasteiger partial charge >= 0.3 is 12.1 Å². The maximum Gasteiger partial charge on any atom is 0.357 e. The van der Waals surface area contributed by atoms with E-state index in [1.54, 1.807) is 0 Å². The zero-order chi connectivity index (χ0) is 11.4. The molecule has 1 saturated heterocycles. The van der Waals surface area contributed by atoms with Gasteiger partial charge in [0.15, 0.2) is 0 Å². The predicted octanol–water partition coefficient (Wildman–Crippen LogP) is -0.257. The summed E-state index contributed by atoms with van der Waals surface area (Å²) in [6, 6.07) is 0.520. The Morgan fingerprint density at radius 1 is 1.27 bits per heavy atom. The Morgan fingerprint density at radius 2 is 1.73 bits per heavy atom. The largest absolute Gasteiger partial charge is 0.362 e. The lowest BCUT2D eigenvalue weighted by atomic mass is 10.2. The van der Waals surface area contributed by atoms with Crippen molar-refractivity contribution in [2.45, 2.75) is 26.1 Å². The zero-order valence-corrected chi connectivity index (χ0v) is 9.31. The van der Waals surface area contributed by atoms with Crippen LogP contribution < -0.4 is 5.73 Å². The second-order valence-electron chi connectivity index (χ2n) is 4.07. The molecule has 0 bridgehead atoms. The summed E-state index contributed by atoms with van der Waals surface area (Å²) in [4.78, 5) is 18.4. The van der Waals surface area contributed by atoms with Gasteiger partial charge in [-0.15, -0.1) is 0 Å². The molecular weight excluding hydrogens is 192 g/mol. The van der Waals surface area contributed by atoms with Crippen molar-refractivity contribution in [3.63, 3.8) is 0 Å². The number of amides is 1. The molecule has 0 saturated carbocycles. The first-order valence-electron chi connectivity index (χ1n) is 5.20. The molecule has 0 aromatic carbocycles. The fourth-order valence-corrected chi connectivity index (χ4v) is 1.82. The highest BCUT2D eigenvalue weighted by atomic mass is 16.1. The third-order valence-electron chi connectivity index (χ3n) is 2.80. The summed E-state index contributed by atoms with van der Waals surface area (Å²) in [5.74, 6) is -0.539. The fourth-order valence-electron chi connectivity index (χ4n) is 1.82. The molecule has 1 heterocycles. The highest BCUT2D eigenvalue weighted by molar-refractivity contribution is 5.81. The minimum absolute atomic E-state index is 0.520. The number of hydrogen-bond donors (Lipinski definition) is 1. The lowest BCUT2D eigenvalue weighted by Crippen LogP contribution is -2.54. The molecule has 5 heteroatoms. The van der Waals surface area contributed by atoms with E-state index in [1.165, 1.54) is 0 Å². The third-order valence-corrected chi connectivity index (χ3v) is 2.80. The minimum Gasteiger partial charge on any atom is -0.362 e. The molecule has 1 fully saturated rings. The Morgan fingerprint density at radius 3 is 2.07 bits per heavy atom. The van der Waals surface area contributed by atoms with Gasteiger partial charge in [0.25, 0.3) is 0 Å². The minimum atomic E-state index is -0.778. The van der Waals surface area contributed by atoms with Crippen molar-refractivity contribution in [2.75, 3.05) is 26.2 Å². The maximum absolute atomic E-state index is 11.0. The monoisotopic (exact) mass is 210 g/mol. The van der Waals surface area contributed by atoms with Crippen LogP contribution in [0, 0.1) is 6.57 Å². The molecule has 1 rings (SSSR count). The first kappa shape index (κ1) is 12.0. The van der Waals surface area contributed by atoms with Crippen molar-refractivity contribution in [3.8, 4) is 0 Å². The summed E-state index contributed by atoms with van der Waals surface area (Å²) in [7, 11) is 0. The smallest absolute Gasteiger partial charge is 0.357 e. The van der Waals surface area contributed by atoms with Gasteiger partial charge in [0, 0.05) is 32.2 Å². The SMILES string of the molecule is [C-]#[N+]C(C(N)=O)N1CCN(C(C)C)CC1. The van der Waals surface area contributed by atoms with E-state index in [1.807, 2.05) is 4.90 Å². The van der Waals surface area contributed by atoms with Gasteiger partial charge in [-0.1, -0.05) is 0 Å². The Labute approximate surface area is 90.6 Å². The Kier molecular flexibility index (Phi) is 4.06. The van der Waals surface area contributed by atoms with Crippen molar-refractivity contribution >= 4 is 5.91 Å². The molecule has 1 unspecified atom stereocenters. The van der Waals surface area contributed by atoms with Crippen LogP contribution in [0.1, 0.15) is 13.8 Å². The lowest BCUT2D eigenvalue weighted by Gasteiger charge is -2.36. The number of piperazine rings is 1. The van der Waals surface area contributed by atoms with Crippen LogP contribution in [0.5, 0.6) is 0 Å². The topological polar surface area (TPSA) is 53.9 Å². The highest BCUT2D eigenvalue weighted by Crippen LogP contribution is 2.09. The van der Waals surface area contributed by atoms with Crippen LogP contribution in [0.2, 0.25) is 0 Å². The first-order chi connectivity index (χ1) is 7.06. The van der Waals surface area contributed by atoms with E-state index >= 15 is 0 Å². The number of nitrogens with zero attached hydrogens (tertiary/aromatic N) is 3. The molecule has 84 valence electrons. The van der Waals surface area contributed by atoms with Gasteiger partial charge in [-0.25, -0.2) is 11.5 Å². The van der Waals surface area contributed by atoms with Crippen molar-refractivity contribution in [1.29, 1.82) is 0 Å². The molecule has 0 aromatic heterocycles. The Balaban J connectivity index is 2.50. The summed E-state index contributed by atoms with van der Waals surface area (Å²) >= 11 is 0. The molecule has 1 amide bonds. The number of carbonyl (C=O) groups is 1. The number of rotatable bonds is 3. The average molecular weight is 210 g/mol. The maximum atomic E-state index is 11.0. The van der Waals surface area contributed by atoms with Crippen LogP contribution in [0.15, 0.2) is 0 Å². The van der Waals surface area contributed by atoms with Gasteiger partial charge in [0.2, 0.25) is 0 Å². The molecule has 0 aliphatic carbocycles. The van der Waals surface area contributed by atoms with Gasteiger partial charge in [-0.2, -0.15) is 0 Å². The molecule has 5 nitrogen and oxygen atoms in total. The second kappa shape index (κ2) is 5.10. The molecular formula is C10H18N4O. The summed E-state index contributed by atoms with van der Waals surface area (Å²) in [5, 5.41) is 0. The normalized spacial score (nSPS) is 21.2. The molecule has 0 radical (unpaired) electrons. The van der Waals surface area contributed by atoms with Gasteiger partial charge < -0.3 is 5.73 Å². The van der Waals surface area contributed by atoms with Crippen molar-refractivity contribution in [3.05, 3.63) is 11.4 Å². The van der Waals surface area contributed by atoms with Crippen LogP contribution in [0.25, 0.3) is 4.85 Å². The standard InChI is InChI=1S/C10H18N4O/c1-8(2)13-4-6-14(7-5-13)10(12-3)9(11)15/h8,10H,4-7H2,1-2H3,(H2,11,15). The van der Waals surface area contributed by atoms with E-state index in [2.05, 4.69) is 23.6 Å².